The predicted molar refractivity (Wildman–Crippen MR) is 125 cm³/mol. The second-order valence-corrected chi connectivity index (χ2v) is 9.93. The lowest BCUT2D eigenvalue weighted by Gasteiger charge is -2.33. The van der Waals surface area contributed by atoms with Gasteiger partial charge in [0, 0.05) is 41.2 Å². The maximum atomic E-state index is 13.7. The van der Waals surface area contributed by atoms with Crippen LogP contribution < -0.4 is 4.90 Å². The van der Waals surface area contributed by atoms with E-state index in [1.807, 2.05) is 12.1 Å². The molecule has 3 aliphatic rings. The molecule has 6 nitrogen and oxygen atoms in total. The van der Waals surface area contributed by atoms with Gasteiger partial charge in [0.25, 0.3) is 0 Å². The second kappa shape index (κ2) is 8.65. The fourth-order valence-corrected chi connectivity index (χ4v) is 5.69. The number of piperidine rings is 1. The Kier molecular flexibility index (Phi) is 5.55. The molecular formula is C27H25F3N2O4. The zero-order valence-corrected chi connectivity index (χ0v) is 19.4. The van der Waals surface area contributed by atoms with Crippen LogP contribution in [0.2, 0.25) is 0 Å². The Bertz CT molecular complexity index is 1280. The summed E-state index contributed by atoms with van der Waals surface area (Å²) in [4.78, 5) is 13.4. The second-order valence-electron chi connectivity index (χ2n) is 9.93. The summed E-state index contributed by atoms with van der Waals surface area (Å²) in [5.74, 6) is 0.177. The molecule has 2 bridgehead atoms. The van der Waals surface area contributed by atoms with Crippen molar-refractivity contribution in [3.05, 3.63) is 71.0 Å². The lowest BCUT2D eigenvalue weighted by Crippen LogP contribution is -2.38. The van der Waals surface area contributed by atoms with Gasteiger partial charge in [-0.3, -0.25) is 0 Å². The van der Waals surface area contributed by atoms with Crippen LogP contribution in [0, 0.1) is 5.92 Å². The Labute approximate surface area is 205 Å². The first-order valence-corrected chi connectivity index (χ1v) is 12.2. The fourth-order valence-electron chi connectivity index (χ4n) is 5.69. The summed E-state index contributed by atoms with van der Waals surface area (Å²) in [5.41, 5.74) is 1.38. The molecule has 1 saturated heterocycles. The van der Waals surface area contributed by atoms with E-state index in [0.717, 1.165) is 44.0 Å². The molecule has 6 rings (SSSR count). The first-order chi connectivity index (χ1) is 17.3. The highest BCUT2D eigenvalue weighted by atomic mass is 19.4. The number of ether oxygens (including phenoxy) is 1. The number of carboxylic acid groups (broad SMARTS) is 1. The van der Waals surface area contributed by atoms with Gasteiger partial charge in [-0.05, 0) is 56.0 Å². The topological polar surface area (TPSA) is 75.8 Å². The van der Waals surface area contributed by atoms with E-state index in [1.54, 1.807) is 18.2 Å². The molecule has 3 fully saturated rings. The number of hydrogen-bond acceptors (Lipinski definition) is 5. The molecular weight excluding hydrogens is 473 g/mol. The van der Waals surface area contributed by atoms with E-state index in [1.165, 1.54) is 12.1 Å². The van der Waals surface area contributed by atoms with Crippen molar-refractivity contribution in [3.63, 3.8) is 0 Å². The van der Waals surface area contributed by atoms with Gasteiger partial charge < -0.3 is 19.3 Å². The number of fused-ring (bicyclic) bond motifs is 2. The lowest BCUT2D eigenvalue weighted by molar-refractivity contribution is -0.137. The van der Waals surface area contributed by atoms with Crippen molar-refractivity contribution in [2.24, 2.45) is 5.92 Å². The zero-order chi connectivity index (χ0) is 25.0. The summed E-state index contributed by atoms with van der Waals surface area (Å²) in [7, 11) is 0. The zero-order valence-electron chi connectivity index (χ0n) is 19.4. The van der Waals surface area contributed by atoms with Gasteiger partial charge >= 0.3 is 12.1 Å². The number of aromatic nitrogens is 1. The highest BCUT2D eigenvalue weighted by Gasteiger charge is 2.46. The summed E-state index contributed by atoms with van der Waals surface area (Å²) in [5, 5.41) is 13.2. The number of anilines is 1. The normalized spacial score (nSPS) is 23.4. The summed E-state index contributed by atoms with van der Waals surface area (Å²) in [6, 6.07) is 12.6. The molecule has 9 heteroatoms. The minimum atomic E-state index is -4.50. The first kappa shape index (κ1) is 23.1. The summed E-state index contributed by atoms with van der Waals surface area (Å²) in [6.45, 7) is 0.961. The number of carbonyl (C=O) groups is 1. The average Bonchev–Trinajstić information content (AvgIpc) is 3.31. The van der Waals surface area contributed by atoms with E-state index in [4.69, 9.17) is 14.4 Å². The Morgan fingerprint density at radius 3 is 2.50 bits per heavy atom. The summed E-state index contributed by atoms with van der Waals surface area (Å²) in [6.07, 6.45) is -0.849. The van der Waals surface area contributed by atoms with E-state index >= 15 is 0 Å². The van der Waals surface area contributed by atoms with Crippen molar-refractivity contribution in [3.8, 4) is 11.3 Å². The van der Waals surface area contributed by atoms with Crippen LogP contribution in [0.5, 0.6) is 0 Å². The van der Waals surface area contributed by atoms with Crippen molar-refractivity contribution in [1.82, 2.24) is 5.16 Å². The molecule has 2 heterocycles. The molecule has 1 N–H and O–H groups in total. The van der Waals surface area contributed by atoms with Crippen LogP contribution in [-0.2, 0) is 17.5 Å². The number of benzene rings is 2. The number of hydrogen-bond donors (Lipinski definition) is 1. The predicted octanol–water partition coefficient (Wildman–Crippen LogP) is 6.12. The van der Waals surface area contributed by atoms with Gasteiger partial charge in [0.1, 0.15) is 11.5 Å². The molecule has 3 aromatic rings. The molecule has 0 unspecified atom stereocenters. The van der Waals surface area contributed by atoms with Crippen molar-refractivity contribution < 1.29 is 32.3 Å². The minimum Gasteiger partial charge on any atom is -0.478 e. The average molecular weight is 499 g/mol. The van der Waals surface area contributed by atoms with Gasteiger partial charge in [-0.15, -0.1) is 0 Å². The maximum absolute atomic E-state index is 13.7. The third-order valence-corrected chi connectivity index (χ3v) is 7.62. The first-order valence-electron chi connectivity index (χ1n) is 12.2. The standard InChI is InChI=1S/C27H25F3N2O4/c28-27(29,30)22-4-2-1-3-20(22)24-21(25(36-31-24)15-5-6-15)14-35-23-12-19-11-17(23)13-32(19)18-9-7-16(8-10-18)26(33)34/h1-4,7-10,15,17,19,23H,5-6,11-14H2,(H,33,34)/t17-,19-,23+/m0/s1. The SMILES string of the molecule is O=C(O)c1ccc(N2C[C@@H]3C[C@H]2C[C@H]3OCc2c(-c3ccccc3C(F)(F)F)noc2C2CC2)cc1. The highest BCUT2D eigenvalue weighted by Crippen LogP contribution is 2.47. The van der Waals surface area contributed by atoms with Gasteiger partial charge in [-0.1, -0.05) is 23.4 Å². The van der Waals surface area contributed by atoms with E-state index in [2.05, 4.69) is 10.1 Å². The number of halogens is 3. The molecule has 0 spiro atoms. The van der Waals surface area contributed by atoms with E-state index in [9.17, 15) is 18.0 Å². The van der Waals surface area contributed by atoms with E-state index < -0.39 is 17.7 Å². The summed E-state index contributed by atoms with van der Waals surface area (Å²) >= 11 is 0. The molecule has 2 aliphatic carbocycles. The molecule has 0 radical (unpaired) electrons. The lowest BCUT2D eigenvalue weighted by atomic mass is 9.99. The van der Waals surface area contributed by atoms with Crippen LogP contribution in [0.4, 0.5) is 18.9 Å². The molecule has 0 amide bonds. The number of rotatable bonds is 7. The van der Waals surface area contributed by atoms with Gasteiger partial charge in [-0.25, -0.2) is 4.79 Å². The van der Waals surface area contributed by atoms with Crippen LogP contribution in [-0.4, -0.2) is 34.9 Å². The molecule has 188 valence electrons. The van der Waals surface area contributed by atoms with Gasteiger partial charge in [0.2, 0.25) is 0 Å². The summed E-state index contributed by atoms with van der Waals surface area (Å²) < 4.78 is 53.0. The molecule has 36 heavy (non-hydrogen) atoms. The largest absolute Gasteiger partial charge is 0.478 e. The Hall–Kier alpha value is -3.33. The number of carboxylic acids is 1. The quantitative estimate of drug-likeness (QED) is 0.423. The van der Waals surface area contributed by atoms with E-state index in [-0.39, 0.29) is 41.5 Å². The number of aromatic carboxylic acids is 1. The molecule has 1 aromatic heterocycles. The van der Waals surface area contributed by atoms with Crippen molar-refractivity contribution in [1.29, 1.82) is 0 Å². The molecule has 2 aromatic carbocycles. The Balaban J connectivity index is 1.19. The third kappa shape index (κ3) is 4.15. The monoisotopic (exact) mass is 498 g/mol. The minimum absolute atomic E-state index is 0.00259. The molecule has 3 atom stereocenters. The van der Waals surface area contributed by atoms with Crippen molar-refractivity contribution in [2.75, 3.05) is 11.4 Å². The van der Waals surface area contributed by atoms with Crippen LogP contribution in [0.15, 0.2) is 53.1 Å². The Morgan fingerprint density at radius 1 is 1.11 bits per heavy atom. The van der Waals surface area contributed by atoms with Gasteiger partial charge in [-0.2, -0.15) is 13.2 Å². The van der Waals surface area contributed by atoms with Crippen molar-refractivity contribution in [2.45, 2.75) is 56.5 Å². The van der Waals surface area contributed by atoms with Crippen LogP contribution in [0.1, 0.15) is 58.8 Å². The van der Waals surface area contributed by atoms with Crippen LogP contribution in [0.3, 0.4) is 0 Å². The van der Waals surface area contributed by atoms with Crippen LogP contribution in [0.25, 0.3) is 11.3 Å². The maximum Gasteiger partial charge on any atom is 0.417 e. The van der Waals surface area contributed by atoms with Gasteiger partial charge in [0.15, 0.2) is 0 Å². The smallest absolute Gasteiger partial charge is 0.417 e. The Morgan fingerprint density at radius 2 is 1.86 bits per heavy atom. The number of alkyl halides is 3. The van der Waals surface area contributed by atoms with Crippen LogP contribution >= 0.6 is 0 Å². The molecule has 2 saturated carbocycles. The fraction of sp³-hybridized carbons (Fsp3) is 0.407. The number of nitrogens with zero attached hydrogens (tertiary/aromatic N) is 2. The van der Waals surface area contributed by atoms with Gasteiger partial charge in [0.05, 0.1) is 23.8 Å². The highest BCUT2D eigenvalue weighted by molar-refractivity contribution is 5.88. The van der Waals surface area contributed by atoms with E-state index in [0.29, 0.717) is 17.2 Å². The third-order valence-electron chi connectivity index (χ3n) is 7.62. The molecule has 1 aliphatic heterocycles. The van der Waals surface area contributed by atoms with Crippen molar-refractivity contribution >= 4 is 11.7 Å².